The Morgan fingerprint density at radius 1 is 0.889 bits per heavy atom. The lowest BCUT2D eigenvalue weighted by molar-refractivity contribution is 0.493. The summed E-state index contributed by atoms with van der Waals surface area (Å²) in [4.78, 5) is 4.01. The molecule has 18 heavy (non-hydrogen) atoms. The predicted molar refractivity (Wildman–Crippen MR) is 70.6 cm³/mol. The van der Waals surface area contributed by atoms with Crippen molar-refractivity contribution in [3.63, 3.8) is 0 Å². The van der Waals surface area contributed by atoms with E-state index in [0.717, 1.165) is 5.56 Å². The van der Waals surface area contributed by atoms with Crippen molar-refractivity contribution in [3.8, 4) is 0 Å². The average molecular weight is 244 g/mol. The maximum absolute atomic E-state index is 12.9. The van der Waals surface area contributed by atoms with Crippen molar-refractivity contribution in [1.29, 1.82) is 0 Å². The Morgan fingerprint density at radius 3 is 1.94 bits per heavy atom. The first kappa shape index (κ1) is 12.7. The highest BCUT2D eigenvalue weighted by Gasteiger charge is 2.10. The summed E-state index contributed by atoms with van der Waals surface area (Å²) in [6.45, 7) is 4.18. The minimum absolute atomic E-state index is 0.175. The van der Waals surface area contributed by atoms with Gasteiger partial charge in [-0.25, -0.2) is 4.39 Å². The van der Waals surface area contributed by atoms with Gasteiger partial charge in [-0.05, 0) is 49.2 Å². The standard InChI is InChI=1S/C15H17FN2/c1-11(13-3-5-15(16)6-4-13)18-12(2)14-7-9-17-10-8-14/h3-12,18H,1-2H3/t11-,12?/m1/s1. The fraction of sp³-hybridized carbons (Fsp3) is 0.267. The van der Waals surface area contributed by atoms with E-state index in [1.807, 2.05) is 24.3 Å². The number of halogens is 1. The van der Waals surface area contributed by atoms with Gasteiger partial charge in [0.1, 0.15) is 5.82 Å². The molecule has 1 N–H and O–H groups in total. The fourth-order valence-electron chi connectivity index (χ4n) is 1.97. The molecule has 0 radical (unpaired) electrons. The van der Waals surface area contributed by atoms with Crippen LogP contribution in [0.4, 0.5) is 4.39 Å². The summed E-state index contributed by atoms with van der Waals surface area (Å²) < 4.78 is 12.9. The van der Waals surface area contributed by atoms with Crippen LogP contribution < -0.4 is 5.32 Å². The number of benzene rings is 1. The Bertz CT molecular complexity index is 482. The van der Waals surface area contributed by atoms with Crippen LogP contribution in [0.2, 0.25) is 0 Å². The number of aromatic nitrogens is 1. The Kier molecular flexibility index (Phi) is 4.05. The highest BCUT2D eigenvalue weighted by molar-refractivity contribution is 5.21. The molecule has 0 spiro atoms. The molecule has 2 rings (SSSR count). The van der Waals surface area contributed by atoms with Crippen LogP contribution in [0.15, 0.2) is 48.8 Å². The molecule has 1 aromatic carbocycles. The summed E-state index contributed by atoms with van der Waals surface area (Å²) in [6, 6.07) is 11.0. The summed E-state index contributed by atoms with van der Waals surface area (Å²) in [5.74, 6) is -0.201. The van der Waals surface area contributed by atoms with Gasteiger partial charge in [0.25, 0.3) is 0 Å². The summed E-state index contributed by atoms with van der Waals surface area (Å²) in [6.07, 6.45) is 3.58. The minimum atomic E-state index is -0.201. The molecule has 1 aromatic heterocycles. The zero-order valence-electron chi connectivity index (χ0n) is 10.6. The Morgan fingerprint density at radius 2 is 1.39 bits per heavy atom. The van der Waals surface area contributed by atoms with Crippen LogP contribution in [0, 0.1) is 5.82 Å². The van der Waals surface area contributed by atoms with Crippen molar-refractivity contribution >= 4 is 0 Å². The van der Waals surface area contributed by atoms with Gasteiger partial charge in [0, 0.05) is 24.5 Å². The molecule has 2 atom stereocenters. The lowest BCUT2D eigenvalue weighted by atomic mass is 10.1. The third kappa shape index (κ3) is 3.14. The Labute approximate surface area is 107 Å². The van der Waals surface area contributed by atoms with Gasteiger partial charge >= 0.3 is 0 Å². The van der Waals surface area contributed by atoms with E-state index in [9.17, 15) is 4.39 Å². The van der Waals surface area contributed by atoms with Crippen molar-refractivity contribution in [2.75, 3.05) is 0 Å². The third-order valence-electron chi connectivity index (χ3n) is 3.08. The zero-order chi connectivity index (χ0) is 13.0. The average Bonchev–Trinajstić information content (AvgIpc) is 2.40. The van der Waals surface area contributed by atoms with E-state index in [1.54, 1.807) is 12.4 Å². The SMILES string of the molecule is CC(N[C@H](C)c1ccc(F)cc1)c1ccncc1. The lowest BCUT2D eigenvalue weighted by Crippen LogP contribution is -2.22. The van der Waals surface area contributed by atoms with Crippen molar-refractivity contribution in [1.82, 2.24) is 10.3 Å². The first-order chi connectivity index (χ1) is 8.66. The van der Waals surface area contributed by atoms with Gasteiger partial charge in [-0.2, -0.15) is 0 Å². The van der Waals surface area contributed by atoms with Crippen molar-refractivity contribution in [2.24, 2.45) is 0 Å². The third-order valence-corrected chi connectivity index (χ3v) is 3.08. The van der Waals surface area contributed by atoms with Crippen LogP contribution in [0.5, 0.6) is 0 Å². The Balaban J connectivity index is 2.03. The number of hydrogen-bond acceptors (Lipinski definition) is 2. The van der Waals surface area contributed by atoms with Crippen LogP contribution in [0.25, 0.3) is 0 Å². The zero-order valence-corrected chi connectivity index (χ0v) is 10.6. The van der Waals surface area contributed by atoms with E-state index in [0.29, 0.717) is 0 Å². The molecule has 0 bridgehead atoms. The van der Waals surface area contributed by atoms with E-state index in [1.165, 1.54) is 17.7 Å². The minimum Gasteiger partial charge on any atom is -0.304 e. The molecular weight excluding hydrogens is 227 g/mol. The van der Waals surface area contributed by atoms with Crippen LogP contribution in [0.1, 0.15) is 37.1 Å². The van der Waals surface area contributed by atoms with E-state index in [4.69, 9.17) is 0 Å². The second-order valence-electron chi connectivity index (χ2n) is 4.44. The quantitative estimate of drug-likeness (QED) is 0.888. The molecule has 0 saturated carbocycles. The normalized spacial score (nSPS) is 14.2. The van der Waals surface area contributed by atoms with Crippen LogP contribution in [-0.4, -0.2) is 4.98 Å². The second kappa shape index (κ2) is 5.74. The number of nitrogens with one attached hydrogen (secondary N) is 1. The molecule has 0 fully saturated rings. The first-order valence-corrected chi connectivity index (χ1v) is 6.08. The predicted octanol–water partition coefficient (Wildman–Crippen LogP) is 3.63. The lowest BCUT2D eigenvalue weighted by Gasteiger charge is -2.20. The van der Waals surface area contributed by atoms with Gasteiger partial charge < -0.3 is 5.32 Å². The molecule has 1 heterocycles. The topological polar surface area (TPSA) is 24.9 Å². The molecule has 94 valence electrons. The maximum Gasteiger partial charge on any atom is 0.123 e. The van der Waals surface area contributed by atoms with E-state index in [2.05, 4.69) is 24.1 Å². The molecule has 3 heteroatoms. The molecule has 1 unspecified atom stereocenters. The van der Waals surface area contributed by atoms with Gasteiger partial charge in [-0.1, -0.05) is 12.1 Å². The summed E-state index contributed by atoms with van der Waals surface area (Å²) >= 11 is 0. The fourth-order valence-corrected chi connectivity index (χ4v) is 1.97. The van der Waals surface area contributed by atoms with Crippen LogP contribution in [0.3, 0.4) is 0 Å². The van der Waals surface area contributed by atoms with Gasteiger partial charge in [0.2, 0.25) is 0 Å². The summed E-state index contributed by atoms with van der Waals surface area (Å²) in [5.41, 5.74) is 2.27. The van der Waals surface area contributed by atoms with E-state index < -0.39 is 0 Å². The van der Waals surface area contributed by atoms with Gasteiger partial charge in [0.05, 0.1) is 0 Å². The number of hydrogen-bond donors (Lipinski definition) is 1. The molecule has 0 saturated heterocycles. The molecular formula is C15H17FN2. The highest BCUT2D eigenvalue weighted by Crippen LogP contribution is 2.19. The number of rotatable bonds is 4. The molecule has 2 nitrogen and oxygen atoms in total. The van der Waals surface area contributed by atoms with Gasteiger partial charge in [-0.15, -0.1) is 0 Å². The molecule has 0 amide bonds. The summed E-state index contributed by atoms with van der Waals surface area (Å²) in [7, 11) is 0. The first-order valence-electron chi connectivity index (χ1n) is 6.08. The van der Waals surface area contributed by atoms with Gasteiger partial charge in [-0.3, -0.25) is 4.98 Å². The molecule has 2 aromatic rings. The van der Waals surface area contributed by atoms with Crippen LogP contribution >= 0.6 is 0 Å². The molecule has 0 aliphatic heterocycles. The largest absolute Gasteiger partial charge is 0.304 e. The van der Waals surface area contributed by atoms with Crippen molar-refractivity contribution < 1.29 is 4.39 Å². The van der Waals surface area contributed by atoms with Crippen LogP contribution in [-0.2, 0) is 0 Å². The number of pyridine rings is 1. The van der Waals surface area contributed by atoms with E-state index >= 15 is 0 Å². The molecule has 0 aliphatic carbocycles. The van der Waals surface area contributed by atoms with E-state index in [-0.39, 0.29) is 17.9 Å². The Hall–Kier alpha value is -1.74. The maximum atomic E-state index is 12.9. The molecule has 0 aliphatic rings. The monoisotopic (exact) mass is 244 g/mol. The smallest absolute Gasteiger partial charge is 0.123 e. The summed E-state index contributed by atoms with van der Waals surface area (Å²) in [5, 5.41) is 3.48. The number of nitrogens with zero attached hydrogens (tertiary/aromatic N) is 1. The van der Waals surface area contributed by atoms with Crippen molar-refractivity contribution in [2.45, 2.75) is 25.9 Å². The second-order valence-corrected chi connectivity index (χ2v) is 4.44. The van der Waals surface area contributed by atoms with Gasteiger partial charge in [0.15, 0.2) is 0 Å². The highest BCUT2D eigenvalue weighted by atomic mass is 19.1. The van der Waals surface area contributed by atoms with Crippen molar-refractivity contribution in [3.05, 3.63) is 65.7 Å².